The Morgan fingerprint density at radius 3 is 2.60 bits per heavy atom. The van der Waals surface area contributed by atoms with Crippen LogP contribution in [0.25, 0.3) is 31.8 Å². The predicted molar refractivity (Wildman–Crippen MR) is 156 cm³/mol. The summed E-state index contributed by atoms with van der Waals surface area (Å²) in [7, 11) is 1.54. The minimum atomic E-state index is -0.714. The zero-order chi connectivity index (χ0) is 30.1. The van der Waals surface area contributed by atoms with Crippen LogP contribution < -0.4 is 19.5 Å². The van der Waals surface area contributed by atoms with Crippen LogP contribution in [0.1, 0.15) is 25.3 Å². The van der Waals surface area contributed by atoms with E-state index in [1.54, 1.807) is 19.2 Å². The molecule has 3 heterocycles. The van der Waals surface area contributed by atoms with E-state index in [9.17, 15) is 9.90 Å². The number of hydrogen-bond acceptors (Lipinski definition) is 12. The van der Waals surface area contributed by atoms with Crippen molar-refractivity contribution in [1.29, 1.82) is 0 Å². The van der Waals surface area contributed by atoms with Gasteiger partial charge < -0.3 is 24.1 Å². The molecule has 1 amide bonds. The summed E-state index contributed by atoms with van der Waals surface area (Å²) in [4.78, 5) is 34.1. The number of nitrogens with one attached hydrogen (secondary N) is 1. The van der Waals surface area contributed by atoms with Crippen LogP contribution in [0.5, 0.6) is 17.6 Å². The van der Waals surface area contributed by atoms with E-state index in [1.807, 2.05) is 19.1 Å². The van der Waals surface area contributed by atoms with Crippen molar-refractivity contribution in [3.05, 3.63) is 54.2 Å². The van der Waals surface area contributed by atoms with E-state index in [4.69, 9.17) is 18.9 Å². The Hall–Kier alpha value is -4.69. The molecule has 1 saturated carbocycles. The number of nitrogens with zero attached hydrogens (tertiary/aromatic N) is 5. The van der Waals surface area contributed by atoms with Crippen LogP contribution in [0, 0.1) is 12.7 Å². The number of methoxy groups -OCH3 is 1. The second kappa shape index (κ2) is 11.9. The molecule has 2 N–H and O–H groups in total. The number of hydrogen-bond donors (Lipinski definition) is 2. The van der Waals surface area contributed by atoms with Crippen molar-refractivity contribution in [2.24, 2.45) is 0 Å². The average molecular weight is 607 g/mol. The highest BCUT2D eigenvalue weighted by Gasteiger charge is 2.37. The third kappa shape index (κ3) is 6.24. The van der Waals surface area contributed by atoms with Gasteiger partial charge in [-0.15, -0.1) is 11.3 Å². The molecule has 3 atom stereocenters. The molecule has 3 aromatic heterocycles. The van der Waals surface area contributed by atoms with Gasteiger partial charge in [0.05, 0.1) is 58.7 Å². The second-order valence-corrected chi connectivity index (χ2v) is 11.1. The molecular weight excluding hydrogens is 579 g/mol. The van der Waals surface area contributed by atoms with E-state index >= 15 is 4.39 Å². The van der Waals surface area contributed by atoms with Gasteiger partial charge in [-0.2, -0.15) is 0 Å². The van der Waals surface area contributed by atoms with E-state index in [0.717, 1.165) is 15.8 Å². The second-order valence-electron chi connectivity index (χ2n) is 10.1. The van der Waals surface area contributed by atoms with Crippen LogP contribution in [-0.2, 0) is 4.74 Å². The van der Waals surface area contributed by atoms with Gasteiger partial charge in [0.2, 0.25) is 5.88 Å². The molecule has 43 heavy (non-hydrogen) atoms. The van der Waals surface area contributed by atoms with Gasteiger partial charge in [0.15, 0.2) is 11.6 Å². The number of amides is 1. The van der Waals surface area contributed by atoms with Crippen LogP contribution in [0.3, 0.4) is 0 Å². The zero-order valence-electron chi connectivity index (χ0n) is 23.4. The van der Waals surface area contributed by atoms with Crippen molar-refractivity contribution in [3.8, 4) is 28.2 Å². The highest BCUT2D eigenvalue weighted by Crippen LogP contribution is 2.38. The smallest absolute Gasteiger partial charge is 0.412 e. The predicted octanol–water partition coefficient (Wildman–Crippen LogP) is 5.07. The summed E-state index contributed by atoms with van der Waals surface area (Å²) in [5.74, 6) is -0.0925. The van der Waals surface area contributed by atoms with Crippen LogP contribution in [0.15, 0.2) is 42.9 Å². The lowest BCUT2D eigenvalue weighted by atomic mass is 9.92. The van der Waals surface area contributed by atoms with Gasteiger partial charge in [0, 0.05) is 17.7 Å². The molecule has 2 aromatic carbocycles. The molecule has 12 nitrogen and oxygen atoms in total. The molecule has 1 aliphatic rings. The van der Waals surface area contributed by atoms with Gasteiger partial charge in [0.1, 0.15) is 23.8 Å². The lowest BCUT2D eigenvalue weighted by Gasteiger charge is -2.35. The summed E-state index contributed by atoms with van der Waals surface area (Å²) in [6.07, 6.45) is 2.99. The lowest BCUT2D eigenvalue weighted by Crippen LogP contribution is -2.45. The Morgan fingerprint density at radius 1 is 1.09 bits per heavy atom. The fourth-order valence-electron chi connectivity index (χ4n) is 4.45. The van der Waals surface area contributed by atoms with Crippen LogP contribution >= 0.6 is 11.3 Å². The number of rotatable bonds is 9. The summed E-state index contributed by atoms with van der Waals surface area (Å²) in [6.45, 7) is 3.58. The molecule has 1 aliphatic carbocycles. The number of aryl methyl sites for hydroxylation is 1. The molecule has 14 heteroatoms. The number of fused-ring (bicyclic) bond motifs is 2. The number of anilines is 1. The van der Waals surface area contributed by atoms with Crippen molar-refractivity contribution >= 4 is 44.4 Å². The average Bonchev–Trinajstić information content (AvgIpc) is 3.39. The van der Waals surface area contributed by atoms with Gasteiger partial charge >= 0.3 is 12.1 Å². The zero-order valence-corrected chi connectivity index (χ0v) is 24.2. The van der Waals surface area contributed by atoms with E-state index in [1.165, 1.54) is 36.9 Å². The van der Waals surface area contributed by atoms with E-state index in [-0.39, 0.29) is 18.4 Å². The number of aromatic nitrogens is 5. The summed E-state index contributed by atoms with van der Waals surface area (Å²) in [5.41, 5.74) is 3.91. The molecular formula is C29H27FN6O6S. The Labute approximate surface area is 248 Å². The highest BCUT2D eigenvalue weighted by atomic mass is 32.1. The first-order valence-corrected chi connectivity index (χ1v) is 14.3. The first kappa shape index (κ1) is 28.4. The number of ether oxygens (including phenoxy) is 4. The SMILES string of the molecule is COc1cnc2c(-c3nc4cc(F)c(O[C@H]5CC[C@H]5OC(=O)Nc5cnc(OC[C@@H](C)O)nc5)cc4s3)cc(C)cc2n1. The molecule has 222 valence electrons. The lowest BCUT2D eigenvalue weighted by molar-refractivity contribution is -0.0431. The summed E-state index contributed by atoms with van der Waals surface area (Å²) in [6, 6.07) is 6.92. The standard InChI is InChI=1S/C29H27FN6O6S/c1-14-6-17(26-20(7-14)35-25(39-3)12-31-26)27-36-19-8-18(30)23(9-24(19)43-27)41-21-4-5-22(21)42-29(38)34-16-10-32-28(33-11-16)40-13-15(2)37/h6-12,15,21-22,37H,4-5,13H2,1-3H3,(H,34,38)/t15-,21+,22-/m1/s1. The maximum Gasteiger partial charge on any atom is 0.412 e. The van der Waals surface area contributed by atoms with Crippen molar-refractivity contribution in [2.75, 3.05) is 19.0 Å². The monoisotopic (exact) mass is 606 g/mol. The topological polar surface area (TPSA) is 151 Å². The van der Waals surface area contributed by atoms with Gasteiger partial charge in [-0.05, 0) is 44.4 Å². The Bertz CT molecular complexity index is 1800. The number of carbonyl (C=O) groups is 1. The summed E-state index contributed by atoms with van der Waals surface area (Å²) in [5, 5.41) is 12.5. The third-order valence-electron chi connectivity index (χ3n) is 6.67. The summed E-state index contributed by atoms with van der Waals surface area (Å²) < 4.78 is 37.7. The fraction of sp³-hybridized carbons (Fsp3) is 0.310. The van der Waals surface area contributed by atoms with Gasteiger partial charge in [-0.25, -0.2) is 34.1 Å². The number of carbonyl (C=O) groups excluding carboxylic acids is 1. The van der Waals surface area contributed by atoms with Crippen molar-refractivity contribution < 1.29 is 33.2 Å². The number of thiazole rings is 1. The van der Waals surface area contributed by atoms with Crippen molar-refractivity contribution in [2.45, 2.75) is 45.0 Å². The number of aliphatic hydroxyl groups excluding tert-OH is 1. The number of aliphatic hydroxyl groups is 1. The van der Waals surface area contributed by atoms with Crippen LogP contribution in [0.2, 0.25) is 0 Å². The minimum Gasteiger partial charge on any atom is -0.483 e. The largest absolute Gasteiger partial charge is 0.483 e. The molecule has 0 aliphatic heterocycles. The molecule has 0 bridgehead atoms. The highest BCUT2D eigenvalue weighted by molar-refractivity contribution is 7.21. The maximum atomic E-state index is 15.1. The molecule has 5 aromatic rings. The maximum absolute atomic E-state index is 15.1. The summed E-state index contributed by atoms with van der Waals surface area (Å²) >= 11 is 1.39. The molecule has 6 rings (SSSR count). The number of halogens is 1. The van der Waals surface area contributed by atoms with Crippen molar-refractivity contribution in [3.63, 3.8) is 0 Å². The van der Waals surface area contributed by atoms with Gasteiger partial charge in [-0.3, -0.25) is 5.32 Å². The quantitative estimate of drug-likeness (QED) is 0.231. The third-order valence-corrected chi connectivity index (χ3v) is 7.72. The first-order valence-electron chi connectivity index (χ1n) is 13.4. The number of benzene rings is 2. The normalized spacial score (nSPS) is 16.9. The van der Waals surface area contributed by atoms with E-state index in [2.05, 4.69) is 30.2 Å². The molecule has 0 saturated heterocycles. The molecule has 0 spiro atoms. The van der Waals surface area contributed by atoms with Gasteiger partial charge in [-0.1, -0.05) is 0 Å². The molecule has 0 unspecified atom stereocenters. The van der Waals surface area contributed by atoms with Crippen LogP contribution in [0.4, 0.5) is 14.9 Å². The van der Waals surface area contributed by atoms with E-state index in [0.29, 0.717) is 46.0 Å². The van der Waals surface area contributed by atoms with Crippen LogP contribution in [-0.4, -0.2) is 68.1 Å². The molecule has 1 fully saturated rings. The van der Waals surface area contributed by atoms with Crippen molar-refractivity contribution in [1.82, 2.24) is 24.9 Å². The fourth-order valence-corrected chi connectivity index (χ4v) is 5.44. The Balaban J connectivity index is 1.13. The Morgan fingerprint density at radius 2 is 1.88 bits per heavy atom. The minimum absolute atomic E-state index is 0.0463. The van der Waals surface area contributed by atoms with Gasteiger partial charge in [0.25, 0.3) is 0 Å². The Kier molecular flexibility index (Phi) is 7.86. The molecule has 0 radical (unpaired) electrons. The first-order chi connectivity index (χ1) is 20.7. The van der Waals surface area contributed by atoms with E-state index < -0.39 is 30.2 Å².